The van der Waals surface area contributed by atoms with Crippen molar-refractivity contribution in [3.63, 3.8) is 0 Å². The second kappa shape index (κ2) is 7.55. The van der Waals surface area contributed by atoms with Gasteiger partial charge in [-0.15, -0.1) is 0 Å². The molecule has 0 aromatic heterocycles. The zero-order valence-corrected chi connectivity index (χ0v) is 13.7. The number of halogens is 1. The molecule has 3 nitrogen and oxygen atoms in total. The molecule has 1 aliphatic rings. The van der Waals surface area contributed by atoms with Crippen molar-refractivity contribution in [2.24, 2.45) is 5.73 Å². The topological polar surface area (TPSA) is 38.5 Å². The lowest BCUT2D eigenvalue weighted by atomic mass is 10.0. The van der Waals surface area contributed by atoms with Crippen molar-refractivity contribution in [1.29, 1.82) is 0 Å². The molecule has 0 bridgehead atoms. The van der Waals surface area contributed by atoms with E-state index in [1.54, 1.807) is 7.11 Å². The lowest BCUT2D eigenvalue weighted by Gasteiger charge is -2.38. The molecule has 1 heterocycles. The molecular weight excluding hydrogens is 292 g/mol. The fraction of sp³-hybridized carbons (Fsp3) is 0.600. The Kier molecular flexibility index (Phi) is 6.02. The van der Waals surface area contributed by atoms with E-state index in [9.17, 15) is 0 Å². The molecule has 0 aliphatic carbocycles. The van der Waals surface area contributed by atoms with Gasteiger partial charge in [0.1, 0.15) is 5.75 Å². The van der Waals surface area contributed by atoms with E-state index in [2.05, 4.69) is 23.6 Å². The average molecular weight is 315 g/mol. The van der Waals surface area contributed by atoms with Gasteiger partial charge in [-0.3, -0.25) is 4.90 Å². The normalized spacial score (nSPS) is 21.7. The highest BCUT2D eigenvalue weighted by atomic mass is 35.5. The van der Waals surface area contributed by atoms with Crippen molar-refractivity contribution < 1.29 is 4.74 Å². The van der Waals surface area contributed by atoms with Gasteiger partial charge in [0.2, 0.25) is 0 Å². The molecule has 2 N–H and O–H groups in total. The lowest BCUT2D eigenvalue weighted by Crippen LogP contribution is -2.43. The minimum Gasteiger partial charge on any atom is -0.496 e. The van der Waals surface area contributed by atoms with Gasteiger partial charge in [-0.05, 0) is 18.6 Å². The Morgan fingerprint density at radius 2 is 2.35 bits per heavy atom. The first-order valence-electron chi connectivity index (χ1n) is 7.09. The maximum Gasteiger partial charge on any atom is 0.125 e. The summed E-state index contributed by atoms with van der Waals surface area (Å²) in [6, 6.07) is 5.92. The van der Waals surface area contributed by atoms with Crippen molar-refractivity contribution in [2.75, 3.05) is 32.5 Å². The van der Waals surface area contributed by atoms with Gasteiger partial charge in [-0.1, -0.05) is 24.6 Å². The van der Waals surface area contributed by atoms with Crippen molar-refractivity contribution in [2.45, 2.75) is 24.6 Å². The van der Waals surface area contributed by atoms with Crippen LogP contribution in [0.1, 0.15) is 24.9 Å². The Morgan fingerprint density at radius 1 is 1.55 bits per heavy atom. The van der Waals surface area contributed by atoms with Crippen LogP contribution in [0.2, 0.25) is 5.02 Å². The summed E-state index contributed by atoms with van der Waals surface area (Å²) in [6.45, 7) is 4.92. The van der Waals surface area contributed by atoms with Gasteiger partial charge in [-0.25, -0.2) is 0 Å². The second-order valence-corrected chi connectivity index (χ2v) is 6.82. The van der Waals surface area contributed by atoms with Gasteiger partial charge in [0.15, 0.2) is 0 Å². The first kappa shape index (κ1) is 16.0. The van der Waals surface area contributed by atoms with E-state index in [-0.39, 0.29) is 6.04 Å². The Balaban J connectivity index is 2.28. The minimum absolute atomic E-state index is 0.133. The van der Waals surface area contributed by atoms with Crippen LogP contribution in [0, 0.1) is 0 Å². The van der Waals surface area contributed by atoms with E-state index in [4.69, 9.17) is 22.1 Å². The average Bonchev–Trinajstić information content (AvgIpc) is 2.49. The summed E-state index contributed by atoms with van der Waals surface area (Å²) in [5, 5.41) is 1.43. The summed E-state index contributed by atoms with van der Waals surface area (Å²) in [4.78, 5) is 2.45. The van der Waals surface area contributed by atoms with Gasteiger partial charge in [0.25, 0.3) is 0 Å². The number of hydrogen-bond donors (Lipinski definition) is 1. The second-order valence-electron chi connectivity index (χ2n) is 5.00. The number of methoxy groups -OCH3 is 1. The number of ether oxygens (including phenoxy) is 1. The van der Waals surface area contributed by atoms with E-state index < -0.39 is 0 Å². The van der Waals surface area contributed by atoms with Crippen LogP contribution in [0.5, 0.6) is 5.75 Å². The van der Waals surface area contributed by atoms with Crippen LogP contribution >= 0.6 is 23.4 Å². The molecule has 1 saturated heterocycles. The summed E-state index contributed by atoms with van der Waals surface area (Å²) < 4.78 is 5.48. The molecule has 1 aromatic carbocycles. The summed E-state index contributed by atoms with van der Waals surface area (Å²) in [5.41, 5.74) is 7.08. The molecule has 2 rings (SSSR count). The maximum absolute atomic E-state index is 6.40. The molecule has 0 spiro atoms. The standard InChI is InChI=1S/C15H23ClN2OS/c1-3-11-10-18(7-8-20-11)13(9-17)15-12(16)5-4-6-14(15)19-2/h4-6,11,13H,3,7-10,17H2,1-2H3. The van der Waals surface area contributed by atoms with E-state index in [1.165, 1.54) is 6.42 Å². The molecule has 112 valence electrons. The highest BCUT2D eigenvalue weighted by Crippen LogP contribution is 2.37. The van der Waals surface area contributed by atoms with Gasteiger partial charge in [-0.2, -0.15) is 11.8 Å². The smallest absolute Gasteiger partial charge is 0.125 e. The molecule has 20 heavy (non-hydrogen) atoms. The van der Waals surface area contributed by atoms with Crippen molar-refractivity contribution >= 4 is 23.4 Å². The minimum atomic E-state index is 0.133. The molecule has 0 amide bonds. The van der Waals surface area contributed by atoms with Gasteiger partial charge in [0, 0.05) is 41.2 Å². The van der Waals surface area contributed by atoms with E-state index >= 15 is 0 Å². The predicted octanol–water partition coefficient (Wildman–Crippen LogP) is 3.18. The Labute approximate surface area is 130 Å². The van der Waals surface area contributed by atoms with Crippen molar-refractivity contribution in [3.8, 4) is 5.75 Å². The molecule has 0 radical (unpaired) electrons. The Morgan fingerprint density at radius 3 is 3.00 bits per heavy atom. The third-order valence-electron chi connectivity index (χ3n) is 3.86. The SMILES string of the molecule is CCC1CN(C(CN)c2c(Cl)cccc2OC)CCS1. The molecule has 2 atom stereocenters. The third kappa shape index (κ3) is 3.42. The molecule has 0 saturated carbocycles. The molecule has 2 unspecified atom stereocenters. The van der Waals surface area contributed by atoms with Crippen LogP contribution in [-0.4, -0.2) is 42.6 Å². The third-order valence-corrected chi connectivity index (χ3v) is 5.56. The van der Waals surface area contributed by atoms with Crippen LogP contribution in [0.4, 0.5) is 0 Å². The van der Waals surface area contributed by atoms with Crippen LogP contribution in [0.15, 0.2) is 18.2 Å². The Hall–Kier alpha value is -0.420. The van der Waals surface area contributed by atoms with Gasteiger partial charge >= 0.3 is 0 Å². The number of benzene rings is 1. The molecule has 1 aromatic rings. The van der Waals surface area contributed by atoms with Crippen LogP contribution in [-0.2, 0) is 0 Å². The predicted molar refractivity (Wildman–Crippen MR) is 87.9 cm³/mol. The number of thioether (sulfide) groups is 1. The van der Waals surface area contributed by atoms with Crippen molar-refractivity contribution in [3.05, 3.63) is 28.8 Å². The largest absolute Gasteiger partial charge is 0.496 e. The monoisotopic (exact) mass is 314 g/mol. The van der Waals surface area contributed by atoms with Gasteiger partial charge < -0.3 is 10.5 Å². The summed E-state index contributed by atoms with van der Waals surface area (Å²) in [7, 11) is 1.68. The molecule has 1 aliphatic heterocycles. The fourth-order valence-electron chi connectivity index (χ4n) is 2.74. The number of nitrogens with two attached hydrogens (primary N) is 1. The molecule has 1 fully saturated rings. The maximum atomic E-state index is 6.40. The van der Waals surface area contributed by atoms with Crippen LogP contribution < -0.4 is 10.5 Å². The fourth-order valence-corrected chi connectivity index (χ4v) is 4.24. The molecular formula is C15H23ClN2OS. The quantitative estimate of drug-likeness (QED) is 0.906. The number of hydrogen-bond acceptors (Lipinski definition) is 4. The van der Waals surface area contributed by atoms with Crippen LogP contribution in [0.3, 0.4) is 0 Å². The zero-order valence-electron chi connectivity index (χ0n) is 12.1. The Bertz CT molecular complexity index is 444. The van der Waals surface area contributed by atoms with Gasteiger partial charge in [0.05, 0.1) is 13.2 Å². The summed E-state index contributed by atoms with van der Waals surface area (Å²) >= 11 is 8.46. The first-order chi connectivity index (χ1) is 9.71. The van der Waals surface area contributed by atoms with E-state index in [0.717, 1.165) is 35.2 Å². The lowest BCUT2D eigenvalue weighted by molar-refractivity contribution is 0.204. The van der Waals surface area contributed by atoms with E-state index in [1.807, 2.05) is 18.2 Å². The van der Waals surface area contributed by atoms with E-state index in [0.29, 0.717) is 11.8 Å². The van der Waals surface area contributed by atoms with Crippen molar-refractivity contribution in [1.82, 2.24) is 4.90 Å². The molecule has 5 heteroatoms. The summed E-state index contributed by atoms with van der Waals surface area (Å²) in [5.74, 6) is 1.99. The summed E-state index contributed by atoms with van der Waals surface area (Å²) in [6.07, 6.45) is 1.19. The highest BCUT2D eigenvalue weighted by molar-refractivity contribution is 8.00. The zero-order chi connectivity index (χ0) is 14.5. The number of nitrogens with zero attached hydrogens (tertiary/aromatic N) is 1. The van der Waals surface area contributed by atoms with Crippen LogP contribution in [0.25, 0.3) is 0 Å². The first-order valence-corrected chi connectivity index (χ1v) is 8.52. The highest BCUT2D eigenvalue weighted by Gasteiger charge is 2.28. The number of rotatable bonds is 5.